The van der Waals surface area contributed by atoms with Gasteiger partial charge in [0.2, 0.25) is 0 Å². The van der Waals surface area contributed by atoms with E-state index < -0.39 is 11.0 Å². The van der Waals surface area contributed by atoms with E-state index in [1.54, 1.807) is 6.07 Å². The minimum Gasteiger partial charge on any atom is -0.504 e. The Labute approximate surface area is 194 Å². The molecule has 1 saturated heterocycles. The van der Waals surface area contributed by atoms with Crippen LogP contribution in [0.4, 0.5) is 0 Å². The molecule has 6 heteroatoms. The number of rotatable bonds is 7. The quantitative estimate of drug-likeness (QED) is 0.599. The van der Waals surface area contributed by atoms with Gasteiger partial charge in [-0.2, -0.15) is 0 Å². The largest absolute Gasteiger partial charge is 0.504 e. The molecule has 3 fully saturated rings. The van der Waals surface area contributed by atoms with Gasteiger partial charge in [0.1, 0.15) is 6.10 Å². The van der Waals surface area contributed by atoms with Crippen molar-refractivity contribution in [3.05, 3.63) is 23.3 Å². The number of carbonyl (C=O) groups is 1. The van der Waals surface area contributed by atoms with Gasteiger partial charge in [0.15, 0.2) is 16.6 Å². The minimum absolute atomic E-state index is 0.0257. The van der Waals surface area contributed by atoms with E-state index in [9.17, 15) is 15.0 Å². The molecular weight excluding hydrogens is 422 g/mol. The first-order valence-electron chi connectivity index (χ1n) is 12.7. The second kappa shape index (κ2) is 7.64. The van der Waals surface area contributed by atoms with Crippen molar-refractivity contribution in [2.75, 3.05) is 13.1 Å². The van der Waals surface area contributed by atoms with Gasteiger partial charge in [-0.25, -0.2) is 0 Å². The van der Waals surface area contributed by atoms with Crippen LogP contribution in [0.3, 0.4) is 0 Å². The molecule has 0 radical (unpaired) electrons. The molecule has 5 aliphatic rings. The number of phenols is 1. The Bertz CT molecular complexity index is 933. The standard InChI is InChI=1S/C26H35NO4S/c1-2-3-4-5-21(29)32-19-10-11-26(30)20-14-17-8-9-18(28)23-22(17)25(26,24(19)31-23)12-13-27(20)15-16-6-7-16/h8-9,16,19-20,24,28,30H,2-7,10-15H2,1H3/t19-,20-,24+,25+,26-/m1/s1. The van der Waals surface area contributed by atoms with Crippen LogP contribution in [-0.4, -0.2) is 56.3 Å². The van der Waals surface area contributed by atoms with E-state index in [0.29, 0.717) is 18.6 Å². The maximum Gasteiger partial charge on any atom is 0.189 e. The highest BCUT2D eigenvalue weighted by molar-refractivity contribution is 8.14. The number of piperidine rings is 1. The Morgan fingerprint density at radius 2 is 2.09 bits per heavy atom. The van der Waals surface area contributed by atoms with Gasteiger partial charge in [-0.3, -0.25) is 9.69 Å². The summed E-state index contributed by atoms with van der Waals surface area (Å²) in [5.41, 5.74) is 0.893. The average Bonchev–Trinajstić information content (AvgIpc) is 3.51. The molecule has 5 atom stereocenters. The van der Waals surface area contributed by atoms with E-state index in [2.05, 4.69) is 11.8 Å². The Hall–Kier alpha value is -1.24. The van der Waals surface area contributed by atoms with Crippen molar-refractivity contribution >= 4 is 16.9 Å². The van der Waals surface area contributed by atoms with E-state index in [1.807, 2.05) is 6.07 Å². The highest BCUT2D eigenvalue weighted by Gasteiger charge is 2.73. The van der Waals surface area contributed by atoms with Crippen molar-refractivity contribution < 1.29 is 19.7 Å². The van der Waals surface area contributed by atoms with Gasteiger partial charge in [0, 0.05) is 24.6 Å². The number of unbranched alkanes of at least 4 members (excludes halogenated alkanes) is 2. The first-order chi connectivity index (χ1) is 15.5. The monoisotopic (exact) mass is 457 g/mol. The summed E-state index contributed by atoms with van der Waals surface area (Å²) in [6, 6.07) is 3.89. The molecule has 2 heterocycles. The van der Waals surface area contributed by atoms with Crippen molar-refractivity contribution in [1.29, 1.82) is 0 Å². The molecule has 0 amide bonds. The van der Waals surface area contributed by atoms with Gasteiger partial charge >= 0.3 is 0 Å². The molecule has 1 aromatic carbocycles. The van der Waals surface area contributed by atoms with E-state index in [1.165, 1.54) is 30.2 Å². The fourth-order valence-corrected chi connectivity index (χ4v) is 8.55. The third-order valence-corrected chi connectivity index (χ3v) is 10.2. The number of thioether (sulfide) groups is 1. The summed E-state index contributed by atoms with van der Waals surface area (Å²) in [5.74, 6) is 1.53. The van der Waals surface area contributed by atoms with Crippen LogP contribution in [0.15, 0.2) is 12.1 Å². The molecule has 2 N–H and O–H groups in total. The van der Waals surface area contributed by atoms with E-state index >= 15 is 0 Å². The summed E-state index contributed by atoms with van der Waals surface area (Å²) in [5, 5.41) is 23.4. The number of hydrogen-bond donors (Lipinski definition) is 2. The van der Waals surface area contributed by atoms with Gasteiger partial charge in [-0.05, 0) is 69.0 Å². The van der Waals surface area contributed by atoms with Crippen molar-refractivity contribution in [2.45, 2.75) is 99.5 Å². The molecule has 174 valence electrons. The van der Waals surface area contributed by atoms with Crippen molar-refractivity contribution in [2.24, 2.45) is 5.92 Å². The molecule has 3 aliphatic carbocycles. The zero-order valence-electron chi connectivity index (χ0n) is 19.0. The second-order valence-electron chi connectivity index (χ2n) is 10.8. The highest BCUT2D eigenvalue weighted by atomic mass is 32.2. The number of benzene rings is 1. The summed E-state index contributed by atoms with van der Waals surface area (Å²) < 4.78 is 6.54. The normalized spacial score (nSPS) is 37.1. The average molecular weight is 458 g/mol. The number of aliphatic hydroxyl groups is 1. The van der Waals surface area contributed by atoms with Gasteiger partial charge in [-0.15, -0.1) is 0 Å². The number of carbonyl (C=O) groups excluding carboxylic acids is 1. The summed E-state index contributed by atoms with van der Waals surface area (Å²) in [6.45, 7) is 4.20. The molecule has 2 bridgehead atoms. The number of hydrogen-bond acceptors (Lipinski definition) is 6. The Balaban J connectivity index is 1.37. The Morgan fingerprint density at radius 1 is 1.25 bits per heavy atom. The van der Waals surface area contributed by atoms with Gasteiger partial charge in [-0.1, -0.05) is 37.6 Å². The van der Waals surface area contributed by atoms with Crippen molar-refractivity contribution in [3.63, 3.8) is 0 Å². The van der Waals surface area contributed by atoms with Crippen LogP contribution >= 0.6 is 11.8 Å². The molecule has 1 aromatic rings. The third-order valence-electron chi connectivity index (χ3n) is 8.98. The maximum atomic E-state index is 12.8. The molecule has 6 rings (SSSR count). The van der Waals surface area contributed by atoms with Crippen molar-refractivity contribution in [1.82, 2.24) is 4.90 Å². The first-order valence-corrected chi connectivity index (χ1v) is 13.5. The minimum atomic E-state index is -0.862. The van der Waals surface area contributed by atoms with Crippen LogP contribution in [0.1, 0.15) is 75.8 Å². The van der Waals surface area contributed by atoms with Gasteiger partial charge in [0.25, 0.3) is 0 Å². The molecule has 1 spiro atoms. The molecule has 2 saturated carbocycles. The van der Waals surface area contributed by atoms with Gasteiger partial charge in [0.05, 0.1) is 16.3 Å². The molecule has 5 nitrogen and oxygen atoms in total. The van der Waals surface area contributed by atoms with Crippen molar-refractivity contribution in [3.8, 4) is 11.5 Å². The SMILES string of the molecule is CCCCCC(=O)S[C@@H]1CC[C@@]2(O)[C@H]3Cc4ccc(O)c5c4[C@@]2(CCN3CC2CC2)[C@H]1O5. The van der Waals surface area contributed by atoms with Crippen LogP contribution in [0.2, 0.25) is 0 Å². The zero-order valence-corrected chi connectivity index (χ0v) is 19.8. The summed E-state index contributed by atoms with van der Waals surface area (Å²) in [4.78, 5) is 15.3. The molecule has 32 heavy (non-hydrogen) atoms. The number of nitrogens with zero attached hydrogens (tertiary/aromatic N) is 1. The lowest BCUT2D eigenvalue weighted by atomic mass is 9.49. The number of aromatic hydroxyl groups is 1. The molecule has 0 aromatic heterocycles. The second-order valence-corrected chi connectivity index (χ2v) is 12.1. The molecule has 2 aliphatic heterocycles. The van der Waals surface area contributed by atoms with E-state index in [0.717, 1.165) is 63.1 Å². The Kier molecular flexibility index (Phi) is 5.09. The number of phenolic OH excluding ortho intramolecular Hbond substituents is 1. The lowest BCUT2D eigenvalue weighted by Crippen LogP contribution is -2.77. The first kappa shape index (κ1) is 21.3. The lowest BCUT2D eigenvalue weighted by molar-refractivity contribution is -0.184. The predicted molar refractivity (Wildman–Crippen MR) is 125 cm³/mol. The lowest BCUT2D eigenvalue weighted by Gasteiger charge is -2.64. The summed E-state index contributed by atoms with van der Waals surface area (Å²) in [7, 11) is 0. The van der Waals surface area contributed by atoms with Crippen LogP contribution in [-0.2, 0) is 16.6 Å². The predicted octanol–water partition coefficient (Wildman–Crippen LogP) is 4.17. The Morgan fingerprint density at radius 3 is 2.88 bits per heavy atom. The summed E-state index contributed by atoms with van der Waals surface area (Å²) >= 11 is 1.44. The molecule has 0 unspecified atom stereocenters. The van der Waals surface area contributed by atoms with E-state index in [4.69, 9.17) is 4.74 Å². The number of ether oxygens (including phenoxy) is 1. The smallest absolute Gasteiger partial charge is 0.189 e. The van der Waals surface area contributed by atoms with Crippen LogP contribution < -0.4 is 4.74 Å². The van der Waals surface area contributed by atoms with Crippen LogP contribution in [0.25, 0.3) is 0 Å². The van der Waals surface area contributed by atoms with Gasteiger partial charge < -0.3 is 14.9 Å². The fourth-order valence-electron chi connectivity index (χ4n) is 7.30. The highest BCUT2D eigenvalue weighted by Crippen LogP contribution is 2.66. The maximum absolute atomic E-state index is 12.8. The third kappa shape index (κ3) is 2.94. The zero-order chi connectivity index (χ0) is 22.1. The van der Waals surface area contributed by atoms with Crippen LogP contribution in [0, 0.1) is 5.92 Å². The van der Waals surface area contributed by atoms with E-state index in [-0.39, 0.29) is 28.3 Å². The summed E-state index contributed by atoms with van der Waals surface area (Å²) in [6.07, 6.45) is 9.25. The number of likely N-dealkylation sites (tertiary alicyclic amines) is 1. The topological polar surface area (TPSA) is 70.0 Å². The molecular formula is C26H35NO4S. The van der Waals surface area contributed by atoms with Crippen LogP contribution in [0.5, 0.6) is 11.5 Å². The fraction of sp³-hybridized carbons (Fsp3) is 0.731.